The smallest absolute Gasteiger partial charge is 0.330 e. The van der Waals surface area contributed by atoms with Crippen molar-refractivity contribution in [3.8, 4) is 45.8 Å². The molecule has 0 amide bonds. The summed E-state index contributed by atoms with van der Waals surface area (Å²) in [6.45, 7) is -0.128. The second-order valence-electron chi connectivity index (χ2n) is 15.4. The van der Waals surface area contributed by atoms with Gasteiger partial charge < -0.3 is 104 Å². The minimum Gasteiger partial charge on any atom is -0.508 e. The molecule has 0 unspecified atom stereocenters. The van der Waals surface area contributed by atoms with Crippen molar-refractivity contribution in [1.29, 1.82) is 0 Å². The minimum absolute atomic E-state index is 0.107. The van der Waals surface area contributed by atoms with Gasteiger partial charge in [0.25, 0.3) is 0 Å². The van der Waals surface area contributed by atoms with Gasteiger partial charge in [-0.1, -0.05) is 6.07 Å². The molecule has 3 aromatic carbocycles. The molecule has 0 bridgehead atoms. The second kappa shape index (κ2) is 19.4. The summed E-state index contributed by atoms with van der Waals surface area (Å²) < 4.78 is 45.2. The Balaban J connectivity index is 1.10. The van der Waals surface area contributed by atoms with E-state index < -0.39 is 139 Å². The van der Waals surface area contributed by atoms with Gasteiger partial charge in [-0.25, -0.2) is 4.79 Å². The molecular weight excluding hydrogens is 872 g/mol. The summed E-state index contributed by atoms with van der Waals surface area (Å²) in [5, 5.41) is 135. The van der Waals surface area contributed by atoms with Crippen molar-refractivity contribution in [3.63, 3.8) is 0 Å². The predicted molar refractivity (Wildman–Crippen MR) is 214 cm³/mol. The van der Waals surface area contributed by atoms with Crippen LogP contribution in [0.5, 0.6) is 34.5 Å². The van der Waals surface area contributed by atoms with E-state index in [1.54, 1.807) is 0 Å². The van der Waals surface area contributed by atoms with E-state index >= 15 is 0 Å². The van der Waals surface area contributed by atoms with Crippen LogP contribution in [0.1, 0.15) is 12.5 Å². The fraction of sp³-hybridized carbons (Fsp3) is 0.429. The van der Waals surface area contributed by atoms with Crippen LogP contribution in [0.2, 0.25) is 0 Å². The molecule has 65 heavy (non-hydrogen) atoms. The van der Waals surface area contributed by atoms with E-state index in [4.69, 9.17) is 37.6 Å². The molecule has 15 atom stereocenters. The first-order valence-corrected chi connectivity index (χ1v) is 19.9. The fourth-order valence-corrected chi connectivity index (χ4v) is 7.25. The van der Waals surface area contributed by atoms with Crippen molar-refractivity contribution in [3.05, 3.63) is 76.5 Å². The van der Waals surface area contributed by atoms with Gasteiger partial charge in [0.05, 0.1) is 12.7 Å². The van der Waals surface area contributed by atoms with Gasteiger partial charge >= 0.3 is 5.97 Å². The third-order valence-corrected chi connectivity index (χ3v) is 10.9. The number of fused-ring (bicyclic) bond motifs is 1. The molecule has 0 spiro atoms. The maximum atomic E-state index is 14.1. The highest BCUT2D eigenvalue weighted by Gasteiger charge is 2.51. The van der Waals surface area contributed by atoms with Crippen LogP contribution in [0.3, 0.4) is 0 Å². The normalized spacial score (nSPS) is 32.9. The average molecular weight is 919 g/mol. The number of phenolic OH excluding ortho intramolecular Hbond substituents is 4. The molecule has 13 N–H and O–H groups in total. The quantitative estimate of drug-likeness (QED) is 0.0406. The van der Waals surface area contributed by atoms with Gasteiger partial charge in [-0.3, -0.25) is 4.79 Å². The molecule has 3 fully saturated rings. The number of hydrogen-bond donors (Lipinski definition) is 13. The highest BCUT2D eigenvalue weighted by Crippen LogP contribution is 2.39. The Kier molecular flexibility index (Phi) is 14.2. The summed E-state index contributed by atoms with van der Waals surface area (Å²) in [5.74, 6) is -4.03. The van der Waals surface area contributed by atoms with E-state index in [0.29, 0.717) is 5.56 Å². The van der Waals surface area contributed by atoms with Gasteiger partial charge in [0, 0.05) is 23.8 Å². The zero-order valence-electron chi connectivity index (χ0n) is 33.8. The van der Waals surface area contributed by atoms with Crippen molar-refractivity contribution < 1.29 is 109 Å². The molecule has 3 aliphatic rings. The monoisotopic (exact) mass is 918 g/mol. The number of carbonyl (C=O) groups is 1. The van der Waals surface area contributed by atoms with E-state index in [1.165, 1.54) is 55.5 Å². The van der Waals surface area contributed by atoms with Crippen LogP contribution in [0.25, 0.3) is 28.4 Å². The molecule has 3 saturated heterocycles. The Labute approximate surface area is 365 Å². The maximum absolute atomic E-state index is 14.1. The molecule has 3 aliphatic heterocycles. The van der Waals surface area contributed by atoms with E-state index in [-0.39, 0.29) is 34.2 Å². The summed E-state index contributed by atoms with van der Waals surface area (Å²) in [6, 6.07) is 10.9. The third kappa shape index (κ3) is 9.83. The number of ether oxygens (including phenoxy) is 7. The SMILES string of the molecule is C[C@@H]1O[C@@H](Oc2cc(O)c3c(=O)c(O[C@@H]4O[C@H](CO)[C@@H](O)[C@H](O)[C@H]4O)c(-c4ccc(O)cc4)oc3c2)[C@H](O)[C@H](O[C@@H]2O[C@H](COC(=O)/C=C/c3ccc(O)c(O)c3)[C@@H](O)[C@H](O)[C@H]2O)[C@H]1O. The molecule has 1 aromatic heterocycles. The first-order chi connectivity index (χ1) is 30.9. The Morgan fingerprint density at radius 1 is 0.677 bits per heavy atom. The summed E-state index contributed by atoms with van der Waals surface area (Å²) in [5.41, 5.74) is -0.972. The van der Waals surface area contributed by atoms with Gasteiger partial charge in [0.1, 0.15) is 102 Å². The van der Waals surface area contributed by atoms with Crippen LogP contribution in [0.15, 0.2) is 69.9 Å². The summed E-state index contributed by atoms with van der Waals surface area (Å²) in [4.78, 5) is 26.5. The molecule has 7 rings (SSSR count). The lowest BCUT2D eigenvalue weighted by Crippen LogP contribution is -2.64. The van der Waals surface area contributed by atoms with Gasteiger partial charge in [-0.15, -0.1) is 0 Å². The standard InChI is InChI=1S/C42H46O23/c1-15-28(49)38(64-41-35(56)33(54)30(51)25(63-41)14-58-26(48)9-3-16-2-8-20(45)21(46)10-16)36(57)42(59-15)60-19-11-22(47)27-23(12-19)61-37(17-4-6-18(44)7-5-17)39(31(27)52)65-40-34(55)32(53)29(50)24(13-43)62-40/h2-12,15,24-25,28-30,32-36,38,40-47,49-51,53-57H,13-14H2,1H3/b9-3+/t15-,24+,25+,28-,29+,30+,32-,33-,34+,35+,36+,38+,40-,41-,42-/m0/s1. The predicted octanol–water partition coefficient (Wildman–Crippen LogP) is -2.24. The average Bonchev–Trinajstić information content (AvgIpc) is 3.27. The Hall–Kier alpha value is -5.64. The lowest BCUT2D eigenvalue weighted by molar-refractivity contribution is -0.350. The largest absolute Gasteiger partial charge is 0.508 e. The molecule has 0 aliphatic carbocycles. The number of benzene rings is 3. The molecule has 4 aromatic rings. The van der Waals surface area contributed by atoms with Crippen LogP contribution < -0.4 is 14.9 Å². The number of esters is 1. The summed E-state index contributed by atoms with van der Waals surface area (Å²) >= 11 is 0. The molecule has 0 saturated carbocycles. The number of aliphatic hydroxyl groups excluding tert-OH is 9. The van der Waals surface area contributed by atoms with Gasteiger partial charge in [0.15, 0.2) is 23.5 Å². The highest BCUT2D eigenvalue weighted by molar-refractivity contribution is 5.88. The zero-order chi connectivity index (χ0) is 47.0. The highest BCUT2D eigenvalue weighted by atomic mass is 16.7. The van der Waals surface area contributed by atoms with Crippen molar-refractivity contribution in [2.45, 2.75) is 99.0 Å². The number of aromatic hydroxyl groups is 4. The van der Waals surface area contributed by atoms with Gasteiger partial charge in [-0.2, -0.15) is 0 Å². The Morgan fingerprint density at radius 2 is 1.32 bits per heavy atom. The van der Waals surface area contributed by atoms with Crippen LogP contribution in [0, 0.1) is 0 Å². The number of aliphatic hydroxyl groups is 9. The topological polar surface area (TPSA) is 375 Å². The van der Waals surface area contributed by atoms with Crippen molar-refractivity contribution in [2.24, 2.45) is 0 Å². The maximum Gasteiger partial charge on any atom is 0.330 e. The molecule has 352 valence electrons. The van der Waals surface area contributed by atoms with Crippen LogP contribution >= 0.6 is 0 Å². The lowest BCUT2D eigenvalue weighted by Gasteiger charge is -2.45. The number of phenols is 4. The molecule has 23 heteroatoms. The molecule has 4 heterocycles. The number of carbonyl (C=O) groups excluding carboxylic acids is 1. The molecular formula is C42H46O23. The molecule has 23 nitrogen and oxygen atoms in total. The lowest BCUT2D eigenvalue weighted by atomic mass is 9.97. The number of hydrogen-bond acceptors (Lipinski definition) is 23. The first kappa shape index (κ1) is 47.3. The molecule has 0 radical (unpaired) electrons. The van der Waals surface area contributed by atoms with E-state index in [9.17, 15) is 76.0 Å². The summed E-state index contributed by atoms with van der Waals surface area (Å²) in [6.07, 6.45) is -24.0. The van der Waals surface area contributed by atoms with Crippen LogP contribution in [-0.4, -0.2) is 178 Å². The first-order valence-electron chi connectivity index (χ1n) is 19.9. The van der Waals surface area contributed by atoms with Crippen LogP contribution in [0.4, 0.5) is 0 Å². The second-order valence-corrected chi connectivity index (χ2v) is 15.4. The van der Waals surface area contributed by atoms with Crippen molar-refractivity contribution in [2.75, 3.05) is 13.2 Å². The van der Waals surface area contributed by atoms with Crippen LogP contribution in [-0.2, 0) is 28.5 Å². The van der Waals surface area contributed by atoms with E-state index in [0.717, 1.165) is 18.2 Å². The zero-order valence-corrected chi connectivity index (χ0v) is 33.8. The van der Waals surface area contributed by atoms with Crippen molar-refractivity contribution in [1.82, 2.24) is 0 Å². The van der Waals surface area contributed by atoms with Gasteiger partial charge in [0.2, 0.25) is 23.8 Å². The summed E-state index contributed by atoms with van der Waals surface area (Å²) in [7, 11) is 0. The Morgan fingerprint density at radius 3 is 2.00 bits per heavy atom. The van der Waals surface area contributed by atoms with E-state index in [2.05, 4.69) is 0 Å². The third-order valence-electron chi connectivity index (χ3n) is 10.9. The number of rotatable bonds is 12. The van der Waals surface area contributed by atoms with Crippen molar-refractivity contribution >= 4 is 23.0 Å². The fourth-order valence-electron chi connectivity index (χ4n) is 7.25. The van der Waals surface area contributed by atoms with Gasteiger partial charge in [-0.05, 0) is 55.0 Å². The minimum atomic E-state index is -1.98. The van der Waals surface area contributed by atoms with E-state index in [1.807, 2.05) is 0 Å². The Bertz CT molecular complexity index is 2400.